The van der Waals surface area contributed by atoms with Crippen LogP contribution in [0.4, 0.5) is 10.9 Å². The maximum atomic E-state index is 8.88. The van der Waals surface area contributed by atoms with Crippen LogP contribution in [0.25, 0.3) is 0 Å². The number of hydrogen-bond acceptors (Lipinski definition) is 8. The van der Waals surface area contributed by atoms with Crippen molar-refractivity contribution in [2.24, 2.45) is 5.10 Å². The summed E-state index contributed by atoms with van der Waals surface area (Å²) in [6, 6.07) is 3.59. The first-order valence-electron chi connectivity index (χ1n) is 6.84. The third-order valence-corrected chi connectivity index (χ3v) is 4.05. The fourth-order valence-corrected chi connectivity index (χ4v) is 2.65. The molecule has 1 aromatic carbocycles. The van der Waals surface area contributed by atoms with Crippen LogP contribution in [-0.4, -0.2) is 36.1 Å². The van der Waals surface area contributed by atoms with E-state index in [1.807, 2.05) is 13.0 Å². The molecule has 0 aliphatic carbocycles. The monoisotopic (exact) mass is 400 g/mol. The zero-order valence-electron chi connectivity index (χ0n) is 12.5. The second-order valence-electron chi connectivity index (χ2n) is 4.27. The lowest BCUT2D eigenvalue weighted by Gasteiger charge is -2.13. The summed E-state index contributed by atoms with van der Waals surface area (Å²) in [4.78, 5) is 4.05. The molecule has 0 atom stereocenters. The van der Waals surface area contributed by atoms with Crippen LogP contribution in [0.2, 0.25) is 0 Å². The van der Waals surface area contributed by atoms with Gasteiger partial charge in [-0.15, -0.1) is 11.3 Å². The molecule has 0 aliphatic rings. The minimum absolute atomic E-state index is 0.0622. The molecule has 4 N–H and O–H groups in total. The summed E-state index contributed by atoms with van der Waals surface area (Å²) in [7, 11) is 0. The van der Waals surface area contributed by atoms with Crippen molar-refractivity contribution in [1.82, 2.24) is 4.98 Å². The Bertz CT molecular complexity index is 678. The van der Waals surface area contributed by atoms with E-state index in [9.17, 15) is 0 Å². The summed E-state index contributed by atoms with van der Waals surface area (Å²) in [6.45, 7) is 2.53. The fraction of sp³-hybridized carbons (Fsp3) is 0.286. The number of thiazole rings is 1. The number of aliphatic hydroxyl groups is 1. The van der Waals surface area contributed by atoms with Gasteiger partial charge in [0.05, 0.1) is 19.4 Å². The maximum absolute atomic E-state index is 8.88. The highest BCUT2D eigenvalue weighted by Gasteiger charge is 2.10. The Kier molecular flexibility index (Phi) is 6.63. The first-order chi connectivity index (χ1) is 11.1. The Labute approximate surface area is 146 Å². The molecule has 0 radical (unpaired) electrons. The van der Waals surface area contributed by atoms with E-state index in [0.717, 1.165) is 10.0 Å². The third kappa shape index (κ3) is 5.08. The maximum Gasteiger partial charge on any atom is 0.205 e. The average molecular weight is 401 g/mol. The predicted molar refractivity (Wildman–Crippen MR) is 95.6 cm³/mol. The number of aliphatic hydroxyl groups excluding tert-OH is 1. The molecule has 124 valence electrons. The van der Waals surface area contributed by atoms with Crippen molar-refractivity contribution in [3.8, 4) is 11.5 Å². The molecule has 0 fully saturated rings. The van der Waals surface area contributed by atoms with Crippen molar-refractivity contribution in [2.45, 2.75) is 6.92 Å². The number of halogens is 1. The van der Waals surface area contributed by atoms with E-state index in [-0.39, 0.29) is 13.2 Å². The van der Waals surface area contributed by atoms with Gasteiger partial charge >= 0.3 is 0 Å². The average Bonchev–Trinajstić information content (AvgIpc) is 2.94. The molecule has 0 saturated carbocycles. The summed E-state index contributed by atoms with van der Waals surface area (Å²) < 4.78 is 11.8. The normalized spacial score (nSPS) is 10.9. The summed E-state index contributed by atoms with van der Waals surface area (Å²) in [5, 5.41) is 15.4. The number of nitrogens with zero attached hydrogens (tertiary/aromatic N) is 2. The zero-order chi connectivity index (χ0) is 16.7. The molecule has 23 heavy (non-hydrogen) atoms. The topological polar surface area (TPSA) is 102 Å². The highest BCUT2D eigenvalue weighted by molar-refractivity contribution is 9.10. The molecule has 1 heterocycles. The van der Waals surface area contributed by atoms with Crippen molar-refractivity contribution in [2.75, 3.05) is 31.0 Å². The lowest BCUT2D eigenvalue weighted by molar-refractivity contribution is 0.194. The van der Waals surface area contributed by atoms with Crippen LogP contribution < -0.4 is 20.6 Å². The van der Waals surface area contributed by atoms with Gasteiger partial charge in [-0.3, -0.25) is 5.43 Å². The van der Waals surface area contributed by atoms with Crippen LogP contribution in [0.15, 0.2) is 27.1 Å². The van der Waals surface area contributed by atoms with Crippen LogP contribution in [0.5, 0.6) is 11.5 Å². The first kappa shape index (κ1) is 17.5. The predicted octanol–water partition coefficient (Wildman–Crippen LogP) is 2.70. The van der Waals surface area contributed by atoms with Gasteiger partial charge < -0.3 is 20.3 Å². The van der Waals surface area contributed by atoms with Gasteiger partial charge in [-0.2, -0.15) is 5.10 Å². The molecular weight excluding hydrogens is 384 g/mol. The van der Waals surface area contributed by atoms with E-state index in [1.165, 1.54) is 11.3 Å². The number of nitrogens with one attached hydrogen (secondary N) is 1. The van der Waals surface area contributed by atoms with Crippen LogP contribution in [0.1, 0.15) is 12.5 Å². The largest absolute Gasteiger partial charge is 0.490 e. The number of nitrogen functional groups attached to an aromatic ring is 1. The van der Waals surface area contributed by atoms with Crippen LogP contribution in [0, 0.1) is 0 Å². The highest BCUT2D eigenvalue weighted by Crippen LogP contribution is 2.33. The fourth-order valence-electron chi connectivity index (χ4n) is 1.68. The van der Waals surface area contributed by atoms with Crippen LogP contribution in [0.3, 0.4) is 0 Å². The van der Waals surface area contributed by atoms with Crippen LogP contribution >= 0.6 is 27.3 Å². The number of hydrogen-bond donors (Lipinski definition) is 3. The zero-order valence-corrected chi connectivity index (χ0v) is 14.9. The molecule has 0 unspecified atom stereocenters. The Balaban J connectivity index is 2.15. The lowest BCUT2D eigenvalue weighted by atomic mass is 10.2. The highest BCUT2D eigenvalue weighted by atomic mass is 79.9. The third-order valence-electron chi connectivity index (χ3n) is 2.60. The minimum Gasteiger partial charge on any atom is -0.490 e. The van der Waals surface area contributed by atoms with Crippen molar-refractivity contribution < 1.29 is 14.6 Å². The molecule has 7 nitrogen and oxygen atoms in total. The standard InChI is InChI=1S/C14H17BrN4O3S/c1-2-21-11-5-9(10(15)6-12(11)22-4-3-20)7-17-19-14-18-13(16)8-23-14/h5-8,20H,2-4,16H2,1H3,(H,18,19). The molecule has 0 saturated heterocycles. The molecule has 0 amide bonds. The van der Waals surface area contributed by atoms with Gasteiger partial charge in [-0.25, -0.2) is 4.98 Å². The molecular formula is C14H17BrN4O3S. The first-order valence-corrected chi connectivity index (χ1v) is 8.51. The van der Waals surface area contributed by atoms with Gasteiger partial charge in [0.1, 0.15) is 12.4 Å². The molecule has 0 spiro atoms. The summed E-state index contributed by atoms with van der Waals surface area (Å²) in [5.74, 6) is 1.60. The Hall–Kier alpha value is -1.84. The van der Waals surface area contributed by atoms with Crippen LogP contribution in [-0.2, 0) is 0 Å². The second-order valence-corrected chi connectivity index (χ2v) is 5.99. The second kappa shape index (κ2) is 8.70. The number of anilines is 2. The van der Waals surface area contributed by atoms with Gasteiger partial charge in [-0.1, -0.05) is 0 Å². The molecule has 2 aromatic rings. The number of aromatic nitrogens is 1. The van der Waals surface area contributed by atoms with Crippen molar-refractivity contribution in [1.29, 1.82) is 0 Å². The quantitative estimate of drug-likeness (QED) is 0.465. The van der Waals surface area contributed by atoms with E-state index < -0.39 is 0 Å². The Morgan fingerprint density at radius 3 is 2.87 bits per heavy atom. The summed E-state index contributed by atoms with van der Waals surface area (Å²) in [6.07, 6.45) is 1.64. The smallest absolute Gasteiger partial charge is 0.205 e. The molecule has 9 heteroatoms. The Morgan fingerprint density at radius 1 is 1.43 bits per heavy atom. The molecule has 1 aromatic heterocycles. The van der Waals surface area contributed by atoms with Gasteiger partial charge in [0.15, 0.2) is 11.5 Å². The van der Waals surface area contributed by atoms with Gasteiger partial charge in [0.2, 0.25) is 5.13 Å². The number of hydrazone groups is 1. The SMILES string of the molecule is CCOc1cc(C=NNc2nc(N)cs2)c(Br)cc1OCCO. The number of benzene rings is 1. The van der Waals surface area contributed by atoms with E-state index in [4.69, 9.17) is 20.3 Å². The summed E-state index contributed by atoms with van der Waals surface area (Å²) in [5.41, 5.74) is 9.17. The van der Waals surface area contributed by atoms with E-state index in [2.05, 4.69) is 31.4 Å². The number of nitrogens with two attached hydrogens (primary N) is 1. The van der Waals surface area contributed by atoms with Crippen molar-refractivity contribution in [3.63, 3.8) is 0 Å². The van der Waals surface area contributed by atoms with Crippen molar-refractivity contribution in [3.05, 3.63) is 27.5 Å². The lowest BCUT2D eigenvalue weighted by Crippen LogP contribution is -2.05. The molecule has 0 bridgehead atoms. The van der Waals surface area contributed by atoms with E-state index >= 15 is 0 Å². The van der Waals surface area contributed by atoms with Crippen molar-refractivity contribution >= 4 is 44.4 Å². The number of rotatable bonds is 8. The van der Waals surface area contributed by atoms with E-state index in [0.29, 0.717) is 29.1 Å². The minimum atomic E-state index is -0.0622. The molecule has 0 aliphatic heterocycles. The number of ether oxygens (including phenoxy) is 2. The molecule has 2 rings (SSSR count). The van der Waals surface area contributed by atoms with Gasteiger partial charge in [-0.05, 0) is 35.0 Å². The van der Waals surface area contributed by atoms with Gasteiger partial charge in [0, 0.05) is 15.4 Å². The Morgan fingerprint density at radius 2 is 2.22 bits per heavy atom. The van der Waals surface area contributed by atoms with Gasteiger partial charge in [0.25, 0.3) is 0 Å². The summed E-state index contributed by atoms with van der Waals surface area (Å²) >= 11 is 4.84. The van der Waals surface area contributed by atoms with E-state index in [1.54, 1.807) is 17.7 Å².